The fourth-order valence-corrected chi connectivity index (χ4v) is 1.50. The summed E-state index contributed by atoms with van der Waals surface area (Å²) in [5.74, 6) is -1.81. The molecule has 2 aromatic rings. The van der Waals surface area contributed by atoms with E-state index < -0.39 is 17.5 Å². The second kappa shape index (κ2) is 5.51. The second-order valence-corrected chi connectivity index (χ2v) is 4.00. The van der Waals surface area contributed by atoms with Gasteiger partial charge in [-0.2, -0.15) is 0 Å². The molecule has 0 saturated heterocycles. The van der Waals surface area contributed by atoms with Gasteiger partial charge in [-0.15, -0.1) is 0 Å². The summed E-state index contributed by atoms with van der Waals surface area (Å²) in [6.07, 6.45) is 2.81. The monoisotopic (exact) mass is 263 g/mol. The lowest BCUT2D eigenvalue weighted by Gasteiger charge is -2.05. The highest BCUT2D eigenvalue weighted by Crippen LogP contribution is 2.07. The number of hydrogen-bond donors (Lipinski definition) is 1. The van der Waals surface area contributed by atoms with Crippen LogP contribution in [-0.4, -0.2) is 15.9 Å². The predicted octanol–water partition coefficient (Wildman–Crippen LogP) is 1.99. The Morgan fingerprint density at radius 3 is 2.42 bits per heavy atom. The Labute approximate surface area is 108 Å². The van der Waals surface area contributed by atoms with Gasteiger partial charge in [0.1, 0.15) is 17.3 Å². The maximum Gasteiger partial charge on any atom is 0.271 e. The Kier molecular flexibility index (Phi) is 3.79. The zero-order chi connectivity index (χ0) is 13.8. The number of amides is 1. The van der Waals surface area contributed by atoms with Crippen molar-refractivity contribution in [3.63, 3.8) is 0 Å². The number of rotatable bonds is 3. The van der Waals surface area contributed by atoms with Gasteiger partial charge in [-0.3, -0.25) is 9.78 Å². The molecule has 0 saturated carbocycles. The van der Waals surface area contributed by atoms with Gasteiger partial charge < -0.3 is 5.32 Å². The molecule has 6 heteroatoms. The van der Waals surface area contributed by atoms with Crippen LogP contribution >= 0.6 is 0 Å². The largest absolute Gasteiger partial charge is 0.347 e. The van der Waals surface area contributed by atoms with Crippen LogP contribution in [0, 0.1) is 18.6 Å². The molecule has 1 amide bonds. The fraction of sp³-hybridized carbons (Fsp3) is 0.154. The second-order valence-electron chi connectivity index (χ2n) is 4.00. The molecule has 98 valence electrons. The van der Waals surface area contributed by atoms with Crippen molar-refractivity contribution in [3.8, 4) is 0 Å². The van der Waals surface area contributed by atoms with Gasteiger partial charge in [-0.1, -0.05) is 0 Å². The average molecular weight is 263 g/mol. The van der Waals surface area contributed by atoms with E-state index in [9.17, 15) is 13.6 Å². The highest BCUT2D eigenvalue weighted by molar-refractivity contribution is 5.91. The SMILES string of the molecule is Cc1cnc(C(=O)NCc2cc(F)cc(F)c2)cn1. The zero-order valence-electron chi connectivity index (χ0n) is 10.2. The van der Waals surface area contributed by atoms with Crippen molar-refractivity contribution in [2.45, 2.75) is 13.5 Å². The minimum Gasteiger partial charge on any atom is -0.347 e. The molecular weight excluding hydrogens is 252 g/mol. The van der Waals surface area contributed by atoms with Gasteiger partial charge >= 0.3 is 0 Å². The summed E-state index contributed by atoms with van der Waals surface area (Å²) in [4.78, 5) is 19.5. The van der Waals surface area contributed by atoms with Gasteiger partial charge in [0.2, 0.25) is 0 Å². The average Bonchev–Trinajstić information content (AvgIpc) is 2.36. The maximum absolute atomic E-state index is 12.9. The molecule has 2 rings (SSSR count). The van der Waals surface area contributed by atoms with Crippen molar-refractivity contribution in [1.82, 2.24) is 15.3 Å². The van der Waals surface area contributed by atoms with Crippen LogP contribution in [0.3, 0.4) is 0 Å². The van der Waals surface area contributed by atoms with Crippen molar-refractivity contribution < 1.29 is 13.6 Å². The van der Waals surface area contributed by atoms with Crippen molar-refractivity contribution >= 4 is 5.91 Å². The highest BCUT2D eigenvalue weighted by Gasteiger charge is 2.08. The number of nitrogens with one attached hydrogen (secondary N) is 1. The molecule has 0 aliphatic rings. The molecule has 0 aliphatic heterocycles. The van der Waals surface area contributed by atoms with Gasteiger partial charge in [-0.25, -0.2) is 13.8 Å². The quantitative estimate of drug-likeness (QED) is 0.921. The van der Waals surface area contributed by atoms with Crippen molar-refractivity contribution in [1.29, 1.82) is 0 Å². The van der Waals surface area contributed by atoms with Gasteiger partial charge in [0.05, 0.1) is 11.9 Å². The minimum atomic E-state index is -0.681. The lowest BCUT2D eigenvalue weighted by atomic mass is 10.2. The van der Waals surface area contributed by atoms with E-state index in [4.69, 9.17) is 0 Å². The number of hydrogen-bond acceptors (Lipinski definition) is 3. The van der Waals surface area contributed by atoms with Crippen LogP contribution in [0.4, 0.5) is 8.78 Å². The van der Waals surface area contributed by atoms with E-state index >= 15 is 0 Å². The first-order valence-electron chi connectivity index (χ1n) is 5.56. The molecule has 0 aliphatic carbocycles. The minimum absolute atomic E-state index is 0.0169. The van der Waals surface area contributed by atoms with Crippen LogP contribution < -0.4 is 5.32 Å². The lowest BCUT2D eigenvalue weighted by molar-refractivity contribution is 0.0945. The Hall–Kier alpha value is -2.37. The summed E-state index contributed by atoms with van der Waals surface area (Å²) < 4.78 is 25.9. The fourth-order valence-electron chi connectivity index (χ4n) is 1.50. The predicted molar refractivity (Wildman–Crippen MR) is 64.3 cm³/mol. The summed E-state index contributed by atoms with van der Waals surface area (Å²) in [5.41, 5.74) is 1.19. The third-order valence-electron chi connectivity index (χ3n) is 2.39. The van der Waals surface area contributed by atoms with E-state index in [2.05, 4.69) is 15.3 Å². The van der Waals surface area contributed by atoms with Crippen LogP contribution in [0.1, 0.15) is 21.7 Å². The molecule has 1 heterocycles. The van der Waals surface area contributed by atoms with Crippen LogP contribution in [0.2, 0.25) is 0 Å². The summed E-state index contributed by atoms with van der Waals surface area (Å²) >= 11 is 0. The first-order chi connectivity index (χ1) is 9.04. The number of carbonyl (C=O) groups excluding carboxylic acids is 1. The number of halogens is 2. The Morgan fingerprint density at radius 1 is 1.16 bits per heavy atom. The number of aromatic nitrogens is 2. The molecule has 19 heavy (non-hydrogen) atoms. The Morgan fingerprint density at radius 2 is 1.84 bits per heavy atom. The first kappa shape index (κ1) is 13.1. The third-order valence-corrected chi connectivity index (χ3v) is 2.39. The van der Waals surface area contributed by atoms with E-state index in [0.29, 0.717) is 11.3 Å². The Bertz CT molecular complexity index is 579. The zero-order valence-corrected chi connectivity index (χ0v) is 10.2. The summed E-state index contributed by atoms with van der Waals surface area (Å²) in [5, 5.41) is 2.51. The third kappa shape index (κ3) is 3.54. The van der Waals surface area contributed by atoms with Crippen molar-refractivity contribution in [2.75, 3.05) is 0 Å². The van der Waals surface area contributed by atoms with Crippen molar-refractivity contribution in [3.05, 3.63) is 59.2 Å². The molecule has 1 aromatic heterocycles. The van der Waals surface area contributed by atoms with Crippen molar-refractivity contribution in [2.24, 2.45) is 0 Å². The number of benzene rings is 1. The molecule has 0 radical (unpaired) electrons. The number of aryl methyl sites for hydroxylation is 1. The van der Waals surface area contributed by atoms with Gasteiger partial charge in [0.25, 0.3) is 5.91 Å². The normalized spacial score (nSPS) is 10.3. The summed E-state index contributed by atoms with van der Waals surface area (Å²) in [6.45, 7) is 1.77. The van der Waals surface area contributed by atoms with Gasteiger partial charge in [-0.05, 0) is 24.6 Å². The molecule has 1 N–H and O–H groups in total. The van der Waals surface area contributed by atoms with E-state index in [-0.39, 0.29) is 12.2 Å². The maximum atomic E-state index is 12.9. The molecule has 0 bridgehead atoms. The van der Waals surface area contributed by atoms with E-state index in [1.165, 1.54) is 12.4 Å². The molecule has 0 fully saturated rings. The smallest absolute Gasteiger partial charge is 0.271 e. The van der Waals surface area contributed by atoms with Gasteiger partial charge in [0, 0.05) is 18.8 Å². The first-order valence-corrected chi connectivity index (χ1v) is 5.56. The van der Waals surface area contributed by atoms with Crippen LogP contribution in [0.15, 0.2) is 30.6 Å². The molecule has 0 atom stereocenters. The summed E-state index contributed by atoms with van der Waals surface area (Å²) in [6, 6.07) is 3.09. The topological polar surface area (TPSA) is 54.9 Å². The van der Waals surface area contributed by atoms with E-state index in [0.717, 1.165) is 18.2 Å². The van der Waals surface area contributed by atoms with Crippen LogP contribution in [-0.2, 0) is 6.54 Å². The Balaban J connectivity index is 2.02. The lowest BCUT2D eigenvalue weighted by Crippen LogP contribution is -2.24. The molecule has 4 nitrogen and oxygen atoms in total. The van der Waals surface area contributed by atoms with Gasteiger partial charge in [0.15, 0.2) is 0 Å². The number of nitrogens with zero attached hydrogens (tertiary/aromatic N) is 2. The van der Waals surface area contributed by atoms with Crippen LogP contribution in [0.25, 0.3) is 0 Å². The standard InChI is InChI=1S/C13H11F2N3O/c1-8-5-17-12(7-16-8)13(19)18-6-9-2-10(14)4-11(15)3-9/h2-5,7H,6H2,1H3,(H,18,19). The molecule has 0 spiro atoms. The number of carbonyl (C=O) groups is 1. The van der Waals surface area contributed by atoms with E-state index in [1.807, 2.05) is 0 Å². The van der Waals surface area contributed by atoms with E-state index in [1.54, 1.807) is 6.92 Å². The molecule has 1 aromatic carbocycles. The highest BCUT2D eigenvalue weighted by atomic mass is 19.1. The summed E-state index contributed by atoms with van der Waals surface area (Å²) in [7, 11) is 0. The molecule has 0 unspecified atom stereocenters. The van der Waals surface area contributed by atoms with Crippen LogP contribution in [0.5, 0.6) is 0 Å². The molecular formula is C13H11F2N3O.